The molecule has 1 aliphatic carbocycles. The fourth-order valence-electron chi connectivity index (χ4n) is 3.72. The summed E-state index contributed by atoms with van der Waals surface area (Å²) in [6.45, 7) is 6.33. The van der Waals surface area contributed by atoms with E-state index in [4.69, 9.17) is 0 Å². The topological polar surface area (TPSA) is 0 Å². The molecule has 0 heterocycles. The lowest BCUT2D eigenvalue weighted by molar-refractivity contribution is 0.348. The molecule has 0 radical (unpaired) electrons. The molecule has 0 aliphatic heterocycles. The van der Waals surface area contributed by atoms with E-state index in [9.17, 15) is 4.39 Å². The molecule has 1 aliphatic rings. The van der Waals surface area contributed by atoms with Crippen LogP contribution in [0.3, 0.4) is 0 Å². The quantitative estimate of drug-likeness (QED) is 0.600. The molecule has 1 heteroatoms. The molecule has 2 aromatic rings. The Morgan fingerprint density at radius 3 is 2.13 bits per heavy atom. The molecule has 3 rings (SSSR count). The first-order valence-corrected chi connectivity index (χ1v) is 8.90. The summed E-state index contributed by atoms with van der Waals surface area (Å²) in [6.07, 6.45) is 5.34. The molecule has 2 aromatic carbocycles. The van der Waals surface area contributed by atoms with Crippen LogP contribution in [-0.2, 0) is 0 Å². The van der Waals surface area contributed by atoms with E-state index >= 15 is 0 Å². The number of aryl methyl sites for hydroxylation is 1. The second-order valence-electron chi connectivity index (χ2n) is 7.35. The average Bonchev–Trinajstić information content (AvgIpc) is 2.57. The smallest absolute Gasteiger partial charge is 0.126 e. The van der Waals surface area contributed by atoms with Crippen molar-refractivity contribution in [2.75, 3.05) is 0 Å². The van der Waals surface area contributed by atoms with Crippen molar-refractivity contribution < 1.29 is 4.39 Å². The number of hydrogen-bond donors (Lipinski definition) is 0. The van der Waals surface area contributed by atoms with Crippen LogP contribution in [0, 0.1) is 18.7 Å². The molecule has 23 heavy (non-hydrogen) atoms. The zero-order valence-electron chi connectivity index (χ0n) is 14.5. The van der Waals surface area contributed by atoms with Crippen LogP contribution in [0.15, 0.2) is 42.5 Å². The van der Waals surface area contributed by atoms with Gasteiger partial charge in [-0.2, -0.15) is 0 Å². The van der Waals surface area contributed by atoms with Gasteiger partial charge in [0.2, 0.25) is 0 Å². The molecule has 0 bridgehead atoms. The molecular weight excluding hydrogens is 283 g/mol. The van der Waals surface area contributed by atoms with E-state index in [2.05, 4.69) is 38.1 Å². The molecule has 1 saturated carbocycles. The Bertz CT molecular complexity index is 648. The lowest BCUT2D eigenvalue weighted by atomic mass is 9.79. The minimum atomic E-state index is -0.109. The number of hydrogen-bond acceptors (Lipinski definition) is 0. The van der Waals surface area contributed by atoms with Gasteiger partial charge < -0.3 is 0 Å². The van der Waals surface area contributed by atoms with Crippen molar-refractivity contribution in [2.24, 2.45) is 5.92 Å². The highest BCUT2D eigenvalue weighted by Crippen LogP contribution is 2.36. The molecule has 0 aromatic heterocycles. The summed E-state index contributed by atoms with van der Waals surface area (Å²) < 4.78 is 13.8. The number of benzene rings is 2. The molecule has 0 amide bonds. The van der Waals surface area contributed by atoms with E-state index in [1.54, 1.807) is 6.07 Å². The normalized spacial score (nSPS) is 22.8. The zero-order chi connectivity index (χ0) is 16.4. The van der Waals surface area contributed by atoms with Gasteiger partial charge in [-0.05, 0) is 59.9 Å². The molecular formula is C22H27F. The fourth-order valence-corrected chi connectivity index (χ4v) is 3.72. The van der Waals surface area contributed by atoms with Gasteiger partial charge in [0.15, 0.2) is 0 Å². The molecule has 0 nitrogen and oxygen atoms in total. The van der Waals surface area contributed by atoms with Crippen LogP contribution in [0.4, 0.5) is 4.39 Å². The lowest BCUT2D eigenvalue weighted by Crippen LogP contribution is -2.10. The van der Waals surface area contributed by atoms with Crippen molar-refractivity contribution in [1.82, 2.24) is 0 Å². The third kappa shape index (κ3) is 3.65. The van der Waals surface area contributed by atoms with Crippen LogP contribution in [0.1, 0.15) is 73.6 Å². The van der Waals surface area contributed by atoms with Gasteiger partial charge in [0.25, 0.3) is 0 Å². The van der Waals surface area contributed by atoms with Gasteiger partial charge in [-0.25, -0.2) is 4.39 Å². The molecule has 0 saturated heterocycles. The number of halogens is 1. The maximum absolute atomic E-state index is 13.8. The van der Waals surface area contributed by atoms with Crippen molar-refractivity contribution in [3.63, 3.8) is 0 Å². The van der Waals surface area contributed by atoms with Gasteiger partial charge in [-0.15, -0.1) is 0 Å². The van der Waals surface area contributed by atoms with Gasteiger partial charge in [0, 0.05) is 5.92 Å². The fraction of sp³-hybridized carbons (Fsp3) is 0.455. The van der Waals surface area contributed by atoms with Crippen LogP contribution in [-0.4, -0.2) is 0 Å². The Morgan fingerprint density at radius 1 is 0.913 bits per heavy atom. The summed E-state index contributed by atoms with van der Waals surface area (Å²) in [6, 6.07) is 14.6. The summed E-state index contributed by atoms with van der Waals surface area (Å²) in [4.78, 5) is 0. The standard InChI is InChI=1S/C22H27F/c1-15-4-7-19(8-5-15)20-12-10-18(11-13-20)17(3)21-9-6-16(2)22(23)14-21/h6,9-15,17,19H,4-5,7-8H2,1-3H3. The molecule has 0 spiro atoms. The highest BCUT2D eigenvalue weighted by molar-refractivity contribution is 5.36. The van der Waals surface area contributed by atoms with Crippen LogP contribution in [0.25, 0.3) is 0 Å². The van der Waals surface area contributed by atoms with E-state index in [0.29, 0.717) is 5.56 Å². The number of rotatable bonds is 3. The van der Waals surface area contributed by atoms with Crippen molar-refractivity contribution in [2.45, 2.75) is 58.3 Å². The van der Waals surface area contributed by atoms with Crippen LogP contribution in [0.5, 0.6) is 0 Å². The maximum atomic E-state index is 13.8. The average molecular weight is 310 g/mol. The first-order valence-electron chi connectivity index (χ1n) is 8.90. The Kier molecular flexibility index (Phi) is 4.84. The van der Waals surface area contributed by atoms with E-state index in [1.807, 2.05) is 19.1 Å². The molecule has 122 valence electrons. The summed E-state index contributed by atoms with van der Waals surface area (Å²) in [5.41, 5.74) is 4.50. The van der Waals surface area contributed by atoms with Gasteiger partial charge >= 0.3 is 0 Å². The Labute approximate surface area is 139 Å². The van der Waals surface area contributed by atoms with Crippen molar-refractivity contribution in [3.05, 3.63) is 70.5 Å². The molecule has 1 unspecified atom stereocenters. The predicted molar refractivity (Wildman–Crippen MR) is 95.5 cm³/mol. The molecule has 1 fully saturated rings. The first-order chi connectivity index (χ1) is 11.0. The van der Waals surface area contributed by atoms with Crippen LogP contribution < -0.4 is 0 Å². The van der Waals surface area contributed by atoms with Crippen LogP contribution >= 0.6 is 0 Å². The van der Waals surface area contributed by atoms with E-state index in [-0.39, 0.29) is 11.7 Å². The zero-order valence-corrected chi connectivity index (χ0v) is 14.5. The van der Waals surface area contributed by atoms with E-state index in [1.165, 1.54) is 36.8 Å². The molecule has 1 atom stereocenters. The Morgan fingerprint density at radius 2 is 1.52 bits per heavy atom. The van der Waals surface area contributed by atoms with Gasteiger partial charge in [-0.3, -0.25) is 0 Å². The SMILES string of the molecule is Cc1ccc(C(C)c2ccc(C3CCC(C)CC3)cc2)cc1F. The van der Waals surface area contributed by atoms with Crippen molar-refractivity contribution in [3.8, 4) is 0 Å². The van der Waals surface area contributed by atoms with Crippen LogP contribution in [0.2, 0.25) is 0 Å². The van der Waals surface area contributed by atoms with Gasteiger partial charge in [0.1, 0.15) is 5.82 Å². The first kappa shape index (κ1) is 16.2. The minimum Gasteiger partial charge on any atom is -0.207 e. The van der Waals surface area contributed by atoms with Gasteiger partial charge in [-0.1, -0.05) is 63.1 Å². The highest BCUT2D eigenvalue weighted by atomic mass is 19.1. The second-order valence-corrected chi connectivity index (χ2v) is 7.35. The monoisotopic (exact) mass is 310 g/mol. The predicted octanol–water partition coefficient (Wildman–Crippen LogP) is 6.58. The maximum Gasteiger partial charge on any atom is 0.126 e. The van der Waals surface area contributed by atoms with Gasteiger partial charge in [0.05, 0.1) is 0 Å². The summed E-state index contributed by atoms with van der Waals surface area (Å²) >= 11 is 0. The summed E-state index contributed by atoms with van der Waals surface area (Å²) in [5.74, 6) is 1.74. The third-order valence-electron chi connectivity index (χ3n) is 5.62. The Balaban J connectivity index is 1.74. The molecule has 0 N–H and O–H groups in total. The van der Waals surface area contributed by atoms with Crippen molar-refractivity contribution in [1.29, 1.82) is 0 Å². The van der Waals surface area contributed by atoms with E-state index in [0.717, 1.165) is 17.4 Å². The lowest BCUT2D eigenvalue weighted by Gasteiger charge is -2.26. The summed E-state index contributed by atoms with van der Waals surface area (Å²) in [5, 5.41) is 0. The highest BCUT2D eigenvalue weighted by Gasteiger charge is 2.20. The minimum absolute atomic E-state index is 0.109. The van der Waals surface area contributed by atoms with E-state index < -0.39 is 0 Å². The largest absolute Gasteiger partial charge is 0.207 e. The Hall–Kier alpha value is -1.63. The third-order valence-corrected chi connectivity index (χ3v) is 5.62. The summed E-state index contributed by atoms with van der Waals surface area (Å²) in [7, 11) is 0. The van der Waals surface area contributed by atoms with Crippen molar-refractivity contribution >= 4 is 0 Å². The second kappa shape index (κ2) is 6.86.